The van der Waals surface area contributed by atoms with Crippen LogP contribution in [0.5, 0.6) is 5.75 Å². The third kappa shape index (κ3) is 3.53. The van der Waals surface area contributed by atoms with Crippen LogP contribution in [-0.4, -0.2) is 16.0 Å². The van der Waals surface area contributed by atoms with Crippen LogP contribution in [0.3, 0.4) is 0 Å². The SMILES string of the molecule is O=C(O)c1ccc(COc2ccc(F)cc2[N+](=O)[O-])cc1. The van der Waals surface area contributed by atoms with Gasteiger partial charge in [-0.2, -0.15) is 0 Å². The number of hydrogen-bond acceptors (Lipinski definition) is 4. The molecule has 0 aliphatic carbocycles. The molecule has 0 atom stereocenters. The molecule has 0 fully saturated rings. The van der Waals surface area contributed by atoms with Crippen molar-refractivity contribution < 1.29 is 24.0 Å². The molecule has 2 rings (SSSR count). The van der Waals surface area contributed by atoms with Crippen LogP contribution >= 0.6 is 0 Å². The molecule has 7 heteroatoms. The van der Waals surface area contributed by atoms with Crippen molar-refractivity contribution in [1.29, 1.82) is 0 Å². The summed E-state index contributed by atoms with van der Waals surface area (Å²) < 4.78 is 18.3. The molecule has 2 aromatic rings. The van der Waals surface area contributed by atoms with Crippen LogP contribution in [0.15, 0.2) is 42.5 Å². The zero-order valence-electron chi connectivity index (χ0n) is 10.7. The Kier molecular flexibility index (Phi) is 4.13. The van der Waals surface area contributed by atoms with Gasteiger partial charge in [0, 0.05) is 0 Å². The average molecular weight is 291 g/mol. The monoisotopic (exact) mass is 291 g/mol. The lowest BCUT2D eigenvalue weighted by molar-refractivity contribution is -0.386. The fourth-order valence-electron chi connectivity index (χ4n) is 1.66. The highest BCUT2D eigenvalue weighted by Crippen LogP contribution is 2.28. The Morgan fingerprint density at radius 2 is 1.90 bits per heavy atom. The van der Waals surface area contributed by atoms with Gasteiger partial charge in [-0.1, -0.05) is 12.1 Å². The second-order valence-electron chi connectivity index (χ2n) is 4.16. The summed E-state index contributed by atoms with van der Waals surface area (Å²) in [5.41, 5.74) is 0.308. The average Bonchev–Trinajstić information content (AvgIpc) is 2.46. The van der Waals surface area contributed by atoms with Gasteiger partial charge in [0.15, 0.2) is 5.75 Å². The van der Waals surface area contributed by atoms with Gasteiger partial charge in [-0.3, -0.25) is 10.1 Å². The van der Waals surface area contributed by atoms with E-state index in [0.717, 1.165) is 12.1 Å². The van der Waals surface area contributed by atoms with E-state index in [0.29, 0.717) is 5.56 Å². The maximum Gasteiger partial charge on any atom is 0.335 e. The van der Waals surface area contributed by atoms with Crippen molar-refractivity contribution in [3.8, 4) is 5.75 Å². The van der Waals surface area contributed by atoms with E-state index < -0.39 is 22.4 Å². The molecule has 21 heavy (non-hydrogen) atoms. The van der Waals surface area contributed by atoms with E-state index in [1.54, 1.807) is 12.1 Å². The Labute approximate surface area is 118 Å². The van der Waals surface area contributed by atoms with Gasteiger partial charge in [0.05, 0.1) is 16.6 Å². The maximum atomic E-state index is 13.0. The van der Waals surface area contributed by atoms with E-state index in [2.05, 4.69) is 0 Å². The molecule has 0 amide bonds. The van der Waals surface area contributed by atoms with Crippen molar-refractivity contribution in [2.75, 3.05) is 0 Å². The quantitative estimate of drug-likeness (QED) is 0.675. The molecule has 0 radical (unpaired) electrons. The van der Waals surface area contributed by atoms with Gasteiger partial charge < -0.3 is 9.84 Å². The molecule has 1 N–H and O–H groups in total. The number of nitro benzene ring substituents is 1. The van der Waals surface area contributed by atoms with E-state index in [1.165, 1.54) is 18.2 Å². The van der Waals surface area contributed by atoms with Gasteiger partial charge in [-0.25, -0.2) is 9.18 Å². The third-order valence-electron chi connectivity index (χ3n) is 2.71. The van der Waals surface area contributed by atoms with Gasteiger partial charge in [0.2, 0.25) is 0 Å². The summed E-state index contributed by atoms with van der Waals surface area (Å²) in [4.78, 5) is 20.8. The van der Waals surface area contributed by atoms with Crippen molar-refractivity contribution in [3.05, 3.63) is 69.5 Å². The number of nitrogens with zero attached hydrogens (tertiary/aromatic N) is 1. The van der Waals surface area contributed by atoms with Crippen molar-refractivity contribution in [1.82, 2.24) is 0 Å². The van der Waals surface area contributed by atoms with Crippen molar-refractivity contribution in [2.45, 2.75) is 6.61 Å². The molecule has 108 valence electrons. The van der Waals surface area contributed by atoms with Crippen LogP contribution < -0.4 is 4.74 Å². The fraction of sp³-hybridized carbons (Fsp3) is 0.0714. The van der Waals surface area contributed by atoms with E-state index in [-0.39, 0.29) is 17.9 Å². The van der Waals surface area contributed by atoms with Crippen LogP contribution in [0.2, 0.25) is 0 Å². The Balaban J connectivity index is 2.13. The molecule has 0 aromatic heterocycles. The summed E-state index contributed by atoms with van der Waals surface area (Å²) in [5, 5.41) is 19.6. The molecule has 0 spiro atoms. The molecule has 2 aromatic carbocycles. The molecule has 0 bridgehead atoms. The minimum atomic E-state index is -1.04. The van der Waals surface area contributed by atoms with Crippen LogP contribution in [0.25, 0.3) is 0 Å². The first kappa shape index (κ1) is 14.4. The fourth-order valence-corrected chi connectivity index (χ4v) is 1.66. The number of aromatic carboxylic acids is 1. The third-order valence-corrected chi connectivity index (χ3v) is 2.71. The van der Waals surface area contributed by atoms with Gasteiger partial charge in [-0.15, -0.1) is 0 Å². The van der Waals surface area contributed by atoms with Gasteiger partial charge >= 0.3 is 11.7 Å². The van der Waals surface area contributed by atoms with Gasteiger partial charge in [-0.05, 0) is 29.8 Å². The number of carboxylic acid groups (broad SMARTS) is 1. The number of ether oxygens (including phenoxy) is 1. The van der Waals surface area contributed by atoms with Crippen LogP contribution in [0.4, 0.5) is 10.1 Å². The summed E-state index contributed by atoms with van der Waals surface area (Å²) in [6.45, 7) is 0.00632. The molecular weight excluding hydrogens is 281 g/mol. The highest BCUT2D eigenvalue weighted by atomic mass is 19.1. The molecule has 0 saturated heterocycles. The summed E-state index contributed by atoms with van der Waals surface area (Å²) >= 11 is 0. The molecular formula is C14H10FNO5. The number of halogens is 1. The zero-order chi connectivity index (χ0) is 15.4. The Morgan fingerprint density at radius 1 is 1.24 bits per heavy atom. The summed E-state index contributed by atoms with van der Waals surface area (Å²) in [5.74, 6) is -1.82. The highest BCUT2D eigenvalue weighted by Gasteiger charge is 2.16. The Hall–Kier alpha value is -2.96. The van der Waals surface area contributed by atoms with E-state index in [1.807, 2.05) is 0 Å². The molecule has 0 unspecified atom stereocenters. The number of benzene rings is 2. The number of nitro groups is 1. The minimum absolute atomic E-state index is 0.00632. The topological polar surface area (TPSA) is 89.7 Å². The zero-order valence-corrected chi connectivity index (χ0v) is 10.7. The number of carboxylic acids is 1. The summed E-state index contributed by atoms with van der Waals surface area (Å²) in [6, 6.07) is 8.91. The minimum Gasteiger partial charge on any atom is -0.482 e. The lowest BCUT2D eigenvalue weighted by Crippen LogP contribution is -2.01. The van der Waals surface area contributed by atoms with E-state index in [9.17, 15) is 19.3 Å². The second-order valence-corrected chi connectivity index (χ2v) is 4.16. The Bertz CT molecular complexity index is 684. The first-order chi connectivity index (χ1) is 9.97. The smallest absolute Gasteiger partial charge is 0.335 e. The summed E-state index contributed by atoms with van der Waals surface area (Å²) in [7, 11) is 0. The normalized spacial score (nSPS) is 10.1. The number of carbonyl (C=O) groups is 1. The summed E-state index contributed by atoms with van der Waals surface area (Å²) in [6.07, 6.45) is 0. The van der Waals surface area contributed by atoms with Crippen molar-refractivity contribution >= 4 is 11.7 Å². The largest absolute Gasteiger partial charge is 0.482 e. The molecule has 0 saturated carbocycles. The van der Waals surface area contributed by atoms with Crippen LogP contribution in [0.1, 0.15) is 15.9 Å². The standard InChI is InChI=1S/C14H10FNO5/c15-11-5-6-13(12(7-11)16(19)20)21-8-9-1-3-10(4-2-9)14(17)18/h1-7H,8H2,(H,17,18). The molecule has 6 nitrogen and oxygen atoms in total. The van der Waals surface area contributed by atoms with Crippen molar-refractivity contribution in [3.63, 3.8) is 0 Å². The van der Waals surface area contributed by atoms with Crippen LogP contribution in [0, 0.1) is 15.9 Å². The lowest BCUT2D eigenvalue weighted by atomic mass is 10.1. The Morgan fingerprint density at radius 3 is 2.48 bits per heavy atom. The second kappa shape index (κ2) is 6.00. The first-order valence-electron chi connectivity index (χ1n) is 5.86. The van der Waals surface area contributed by atoms with Gasteiger partial charge in [0.25, 0.3) is 0 Å². The van der Waals surface area contributed by atoms with E-state index >= 15 is 0 Å². The first-order valence-corrected chi connectivity index (χ1v) is 5.86. The number of hydrogen-bond donors (Lipinski definition) is 1. The lowest BCUT2D eigenvalue weighted by Gasteiger charge is -2.07. The van der Waals surface area contributed by atoms with Crippen LogP contribution in [-0.2, 0) is 6.61 Å². The highest BCUT2D eigenvalue weighted by molar-refractivity contribution is 5.87. The maximum absolute atomic E-state index is 13.0. The molecule has 0 aliphatic heterocycles. The van der Waals surface area contributed by atoms with Crippen molar-refractivity contribution in [2.24, 2.45) is 0 Å². The molecule has 0 heterocycles. The van der Waals surface area contributed by atoms with E-state index in [4.69, 9.17) is 9.84 Å². The predicted octanol–water partition coefficient (Wildman–Crippen LogP) is 3.01. The molecule has 0 aliphatic rings. The van der Waals surface area contributed by atoms with Gasteiger partial charge in [0.1, 0.15) is 12.4 Å². The predicted molar refractivity (Wildman–Crippen MR) is 70.8 cm³/mol. The number of rotatable bonds is 5.